The highest BCUT2D eigenvalue weighted by Crippen LogP contribution is 2.42. The molecule has 2 bridgehead atoms. The number of anilines is 2. The zero-order valence-corrected chi connectivity index (χ0v) is 10.9. The number of benzene rings is 1. The lowest BCUT2D eigenvalue weighted by atomic mass is 9.98. The van der Waals surface area contributed by atoms with E-state index in [0.717, 1.165) is 18.9 Å². The molecular formula is C14H17F3N2O. The fraction of sp³-hybridized carbons (Fsp3) is 0.571. The minimum absolute atomic E-state index is 0.133. The highest BCUT2D eigenvalue weighted by atomic mass is 19.4. The monoisotopic (exact) mass is 286 g/mol. The van der Waals surface area contributed by atoms with E-state index in [9.17, 15) is 18.3 Å². The molecule has 0 amide bonds. The van der Waals surface area contributed by atoms with Crippen molar-refractivity contribution in [3.8, 4) is 0 Å². The van der Waals surface area contributed by atoms with Gasteiger partial charge in [0, 0.05) is 23.5 Å². The summed E-state index contributed by atoms with van der Waals surface area (Å²) in [6, 6.07) is 4.37. The number of hydrogen-bond donors (Lipinski definition) is 2. The summed E-state index contributed by atoms with van der Waals surface area (Å²) in [7, 11) is 0. The molecule has 2 unspecified atom stereocenters. The predicted octanol–water partition coefficient (Wildman–Crippen LogP) is 2.78. The largest absolute Gasteiger partial charge is 0.418 e. The Bertz CT molecular complexity index is 504. The molecule has 1 aromatic carbocycles. The standard InChI is InChI=1S/C14H17F3N2O/c15-14(16,17)12-7-10(3-4-13(12)18)19-8-1-2-9(19)6-11(20)5-8/h3-4,7-9,11,20H,1-2,5-6,18H2. The lowest BCUT2D eigenvalue weighted by molar-refractivity contribution is -0.136. The molecule has 2 fully saturated rings. The molecule has 20 heavy (non-hydrogen) atoms. The Balaban J connectivity index is 1.96. The number of nitrogens with two attached hydrogens (primary N) is 1. The Morgan fingerprint density at radius 2 is 1.75 bits per heavy atom. The summed E-state index contributed by atoms with van der Waals surface area (Å²) in [5.74, 6) is 0. The molecule has 3 N–H and O–H groups in total. The molecule has 3 rings (SSSR count). The van der Waals surface area contributed by atoms with Gasteiger partial charge in [0.2, 0.25) is 0 Å². The van der Waals surface area contributed by atoms with Gasteiger partial charge in [0.1, 0.15) is 0 Å². The van der Waals surface area contributed by atoms with Crippen molar-refractivity contribution < 1.29 is 18.3 Å². The molecule has 1 aromatic rings. The van der Waals surface area contributed by atoms with Crippen molar-refractivity contribution >= 4 is 11.4 Å². The highest BCUT2D eigenvalue weighted by Gasteiger charge is 2.41. The van der Waals surface area contributed by atoms with Crippen LogP contribution in [0.3, 0.4) is 0 Å². The lowest BCUT2D eigenvalue weighted by Crippen LogP contribution is -2.44. The van der Waals surface area contributed by atoms with Crippen LogP contribution in [0, 0.1) is 0 Å². The van der Waals surface area contributed by atoms with Crippen LogP contribution in [-0.4, -0.2) is 23.3 Å². The maximum absolute atomic E-state index is 12.9. The number of piperidine rings is 1. The van der Waals surface area contributed by atoms with E-state index >= 15 is 0 Å². The fourth-order valence-electron chi connectivity index (χ4n) is 3.52. The molecule has 2 aliphatic rings. The van der Waals surface area contributed by atoms with Crippen molar-refractivity contribution in [2.45, 2.75) is 50.0 Å². The van der Waals surface area contributed by atoms with Crippen LogP contribution >= 0.6 is 0 Å². The minimum Gasteiger partial charge on any atom is -0.398 e. The van der Waals surface area contributed by atoms with Crippen LogP contribution in [0.25, 0.3) is 0 Å². The summed E-state index contributed by atoms with van der Waals surface area (Å²) >= 11 is 0. The van der Waals surface area contributed by atoms with E-state index in [0.29, 0.717) is 18.5 Å². The summed E-state index contributed by atoms with van der Waals surface area (Å²) in [4.78, 5) is 2.03. The number of rotatable bonds is 1. The fourth-order valence-corrected chi connectivity index (χ4v) is 3.52. The van der Waals surface area contributed by atoms with Crippen molar-refractivity contribution in [3.05, 3.63) is 23.8 Å². The number of aliphatic hydroxyl groups excluding tert-OH is 1. The number of alkyl halides is 3. The molecule has 2 heterocycles. The second kappa shape index (κ2) is 4.55. The molecule has 2 aliphatic heterocycles. The van der Waals surface area contributed by atoms with Crippen molar-refractivity contribution in [1.82, 2.24) is 0 Å². The highest BCUT2D eigenvalue weighted by molar-refractivity contribution is 5.61. The smallest absolute Gasteiger partial charge is 0.398 e. The van der Waals surface area contributed by atoms with E-state index in [1.165, 1.54) is 6.07 Å². The Morgan fingerprint density at radius 1 is 1.15 bits per heavy atom. The maximum Gasteiger partial charge on any atom is 0.418 e. The van der Waals surface area contributed by atoms with E-state index in [1.807, 2.05) is 4.90 Å². The molecule has 110 valence electrons. The van der Waals surface area contributed by atoms with Crippen LogP contribution in [0.2, 0.25) is 0 Å². The third kappa shape index (κ3) is 2.22. The van der Waals surface area contributed by atoms with Crippen LogP contribution in [0.5, 0.6) is 0 Å². The van der Waals surface area contributed by atoms with Gasteiger partial charge >= 0.3 is 6.18 Å². The van der Waals surface area contributed by atoms with Gasteiger partial charge in [-0.25, -0.2) is 0 Å². The van der Waals surface area contributed by atoms with E-state index in [4.69, 9.17) is 5.73 Å². The maximum atomic E-state index is 12.9. The van der Waals surface area contributed by atoms with Gasteiger partial charge in [-0.3, -0.25) is 0 Å². The first-order valence-electron chi connectivity index (χ1n) is 6.79. The third-order valence-corrected chi connectivity index (χ3v) is 4.35. The van der Waals surface area contributed by atoms with Gasteiger partial charge in [-0.05, 0) is 43.9 Å². The number of aliphatic hydroxyl groups is 1. The average molecular weight is 286 g/mol. The Morgan fingerprint density at radius 3 is 2.30 bits per heavy atom. The summed E-state index contributed by atoms with van der Waals surface area (Å²) in [5, 5.41) is 9.76. The Hall–Kier alpha value is -1.43. The number of fused-ring (bicyclic) bond motifs is 2. The molecule has 0 aromatic heterocycles. The van der Waals surface area contributed by atoms with Gasteiger partial charge in [0.15, 0.2) is 0 Å². The van der Waals surface area contributed by atoms with Crippen LogP contribution in [0.1, 0.15) is 31.2 Å². The van der Waals surface area contributed by atoms with Crippen molar-refractivity contribution in [1.29, 1.82) is 0 Å². The number of halogens is 3. The van der Waals surface area contributed by atoms with E-state index in [2.05, 4.69) is 0 Å². The zero-order chi connectivity index (χ0) is 14.5. The molecule has 0 spiro atoms. The second-order valence-electron chi connectivity index (χ2n) is 5.69. The summed E-state index contributed by atoms with van der Waals surface area (Å²) in [5.41, 5.74) is 4.97. The molecular weight excluding hydrogens is 269 g/mol. The quantitative estimate of drug-likeness (QED) is 0.780. The van der Waals surface area contributed by atoms with E-state index < -0.39 is 11.7 Å². The first-order chi connectivity index (χ1) is 9.36. The topological polar surface area (TPSA) is 49.5 Å². The predicted molar refractivity (Wildman–Crippen MR) is 70.4 cm³/mol. The van der Waals surface area contributed by atoms with Gasteiger partial charge < -0.3 is 15.7 Å². The van der Waals surface area contributed by atoms with Crippen LogP contribution in [-0.2, 0) is 6.18 Å². The van der Waals surface area contributed by atoms with Gasteiger partial charge in [-0.1, -0.05) is 0 Å². The van der Waals surface area contributed by atoms with Crippen LogP contribution in [0.4, 0.5) is 24.5 Å². The molecule has 0 aliphatic carbocycles. The van der Waals surface area contributed by atoms with Gasteiger partial charge in [0.25, 0.3) is 0 Å². The summed E-state index contributed by atoms with van der Waals surface area (Å²) < 4.78 is 38.8. The molecule has 0 saturated carbocycles. The van der Waals surface area contributed by atoms with Crippen LogP contribution in [0.15, 0.2) is 18.2 Å². The van der Waals surface area contributed by atoms with Crippen molar-refractivity contribution in [2.75, 3.05) is 10.6 Å². The van der Waals surface area contributed by atoms with E-state index in [-0.39, 0.29) is 23.9 Å². The second-order valence-corrected chi connectivity index (χ2v) is 5.69. The first-order valence-corrected chi connectivity index (χ1v) is 6.79. The molecule has 2 saturated heterocycles. The van der Waals surface area contributed by atoms with Gasteiger partial charge in [0.05, 0.1) is 11.7 Å². The number of nitrogens with zero attached hydrogens (tertiary/aromatic N) is 1. The normalized spacial score (nSPS) is 29.8. The minimum atomic E-state index is -4.44. The Kier molecular flexibility index (Phi) is 3.08. The first kappa shape index (κ1) is 13.5. The third-order valence-electron chi connectivity index (χ3n) is 4.35. The Labute approximate surface area is 115 Å². The molecule has 3 nitrogen and oxygen atoms in total. The van der Waals surface area contributed by atoms with Crippen LogP contribution < -0.4 is 10.6 Å². The summed E-state index contributed by atoms with van der Waals surface area (Å²) in [6.07, 6.45) is -1.67. The van der Waals surface area contributed by atoms with Crippen molar-refractivity contribution in [3.63, 3.8) is 0 Å². The zero-order valence-electron chi connectivity index (χ0n) is 10.9. The number of hydrogen-bond acceptors (Lipinski definition) is 3. The average Bonchev–Trinajstić information content (AvgIpc) is 2.62. The van der Waals surface area contributed by atoms with Gasteiger partial charge in [-0.15, -0.1) is 0 Å². The molecule has 2 atom stereocenters. The molecule has 6 heteroatoms. The summed E-state index contributed by atoms with van der Waals surface area (Å²) in [6.45, 7) is 0. The SMILES string of the molecule is Nc1ccc(N2C3CCC2CC(O)C3)cc1C(F)(F)F. The van der Waals surface area contributed by atoms with Crippen molar-refractivity contribution in [2.24, 2.45) is 0 Å². The van der Waals surface area contributed by atoms with E-state index in [1.54, 1.807) is 6.07 Å². The lowest BCUT2D eigenvalue weighted by Gasteiger charge is -2.39. The number of nitrogen functional groups attached to an aromatic ring is 1. The molecule has 0 radical (unpaired) electrons. The van der Waals surface area contributed by atoms with Gasteiger partial charge in [-0.2, -0.15) is 13.2 Å².